The van der Waals surface area contributed by atoms with Gasteiger partial charge in [0.15, 0.2) is 0 Å². The molecule has 1 aliphatic carbocycles. The summed E-state index contributed by atoms with van der Waals surface area (Å²) in [7, 11) is 0. The van der Waals surface area contributed by atoms with Gasteiger partial charge in [-0.2, -0.15) is 0 Å². The van der Waals surface area contributed by atoms with Crippen LogP contribution in [-0.2, 0) is 5.41 Å². The Labute approximate surface area is 311 Å². The first-order chi connectivity index (χ1) is 25.2. The second kappa shape index (κ2) is 14.0. The smallest absolute Gasteiger partial charge is 0.0450 e. The third kappa shape index (κ3) is 6.81. The zero-order valence-electron chi connectivity index (χ0n) is 31.2. The number of nitrogens with zero attached hydrogens (tertiary/aromatic N) is 1. The van der Waals surface area contributed by atoms with Gasteiger partial charge in [-0.3, -0.25) is 0 Å². The Kier molecular flexibility index (Phi) is 9.06. The fourth-order valence-corrected chi connectivity index (χ4v) is 8.27. The number of hydrogen-bond donors (Lipinski definition) is 0. The minimum absolute atomic E-state index is 0.124. The molecule has 1 aliphatic heterocycles. The molecule has 2 unspecified atom stereocenters. The van der Waals surface area contributed by atoms with Gasteiger partial charge < -0.3 is 4.90 Å². The molecule has 0 bridgehead atoms. The normalized spacial score (nSPS) is 17.3. The van der Waals surface area contributed by atoms with Crippen molar-refractivity contribution in [2.75, 3.05) is 4.90 Å². The lowest BCUT2D eigenvalue weighted by atomic mass is 9.85. The molecular formula is C51H49N. The van der Waals surface area contributed by atoms with Crippen LogP contribution in [0.5, 0.6) is 0 Å². The van der Waals surface area contributed by atoms with Crippen molar-refractivity contribution in [2.24, 2.45) is 0 Å². The molecule has 6 aromatic rings. The molecule has 258 valence electrons. The predicted octanol–water partition coefficient (Wildman–Crippen LogP) is 13.6. The molecule has 2 aliphatic rings. The zero-order chi connectivity index (χ0) is 35.8. The molecule has 6 aromatic carbocycles. The van der Waals surface area contributed by atoms with Gasteiger partial charge in [0.1, 0.15) is 0 Å². The molecule has 0 spiro atoms. The van der Waals surface area contributed by atoms with Crippen LogP contribution in [0.15, 0.2) is 146 Å². The van der Waals surface area contributed by atoms with Crippen molar-refractivity contribution in [1.82, 2.24) is 0 Å². The molecule has 8 rings (SSSR count). The van der Waals surface area contributed by atoms with Crippen molar-refractivity contribution < 1.29 is 0 Å². The van der Waals surface area contributed by atoms with Crippen LogP contribution in [0.2, 0.25) is 0 Å². The number of aryl methyl sites for hydroxylation is 2. The predicted molar refractivity (Wildman–Crippen MR) is 223 cm³/mol. The first kappa shape index (κ1) is 33.7. The highest BCUT2D eigenvalue weighted by atomic mass is 15.2. The standard InChI is InChI=1S/C51H49N/c1-35-14-21-40(22-15-35)46(42-25-27-43(28-26-42)51(3,4)5)32-37-18-29-44(30-19-37)52-49-13-9-12-45(49)48-34-38(20-31-50(48)52)33-47(39-10-7-6-8-11-39)41-23-16-36(2)17-24-41/h6-8,10-11,14-34,45,49H,9,12-13H2,1-5H3/b46-32-,47-33+. The van der Waals surface area contributed by atoms with E-state index in [1.165, 1.54) is 97.4 Å². The lowest BCUT2D eigenvalue weighted by Crippen LogP contribution is -2.26. The highest BCUT2D eigenvalue weighted by Gasteiger charge is 2.42. The fourth-order valence-electron chi connectivity index (χ4n) is 8.27. The molecule has 0 radical (unpaired) electrons. The SMILES string of the molecule is Cc1ccc(/C(=C/c2ccc(N3c4ccc(/C=C(\c5ccccc5)c5ccc(C)cc5)cc4C4CCCC43)cc2)c2ccc(C(C)(C)C)cc2)cc1. The van der Waals surface area contributed by atoms with E-state index in [1.54, 1.807) is 0 Å². The van der Waals surface area contributed by atoms with Crippen LogP contribution < -0.4 is 4.90 Å². The van der Waals surface area contributed by atoms with Crippen LogP contribution in [-0.4, -0.2) is 6.04 Å². The Morgan fingerprint density at radius 1 is 0.558 bits per heavy atom. The van der Waals surface area contributed by atoms with Gasteiger partial charge in [-0.05, 0) is 124 Å². The van der Waals surface area contributed by atoms with E-state index in [0.717, 1.165) is 0 Å². The van der Waals surface area contributed by atoms with Crippen LogP contribution in [0.3, 0.4) is 0 Å². The van der Waals surface area contributed by atoms with Gasteiger partial charge in [-0.25, -0.2) is 0 Å². The molecule has 0 aromatic heterocycles. The molecular weight excluding hydrogens is 627 g/mol. The lowest BCUT2D eigenvalue weighted by Gasteiger charge is -2.27. The minimum Gasteiger partial charge on any atom is -0.338 e. The quantitative estimate of drug-likeness (QED) is 0.152. The summed E-state index contributed by atoms with van der Waals surface area (Å²) in [5, 5.41) is 0. The van der Waals surface area contributed by atoms with E-state index in [0.29, 0.717) is 12.0 Å². The van der Waals surface area contributed by atoms with Gasteiger partial charge in [0.25, 0.3) is 0 Å². The molecule has 1 heteroatoms. The van der Waals surface area contributed by atoms with E-state index in [4.69, 9.17) is 0 Å². The third-order valence-corrected chi connectivity index (χ3v) is 11.2. The molecule has 52 heavy (non-hydrogen) atoms. The van der Waals surface area contributed by atoms with E-state index < -0.39 is 0 Å². The van der Waals surface area contributed by atoms with Crippen LogP contribution in [0.25, 0.3) is 23.3 Å². The maximum atomic E-state index is 2.64. The Hall–Kier alpha value is -5.40. The Morgan fingerprint density at radius 3 is 1.65 bits per heavy atom. The Morgan fingerprint density at radius 2 is 1.08 bits per heavy atom. The number of hydrogen-bond acceptors (Lipinski definition) is 1. The first-order valence-electron chi connectivity index (χ1n) is 19.0. The summed E-state index contributed by atoms with van der Waals surface area (Å²) in [6.07, 6.45) is 8.50. The van der Waals surface area contributed by atoms with Gasteiger partial charge in [-0.1, -0.05) is 160 Å². The monoisotopic (exact) mass is 675 g/mol. The summed E-state index contributed by atoms with van der Waals surface area (Å²) in [5.74, 6) is 0.562. The summed E-state index contributed by atoms with van der Waals surface area (Å²) in [5.41, 5.74) is 18.1. The summed E-state index contributed by atoms with van der Waals surface area (Å²) in [6, 6.07) is 54.8. The maximum absolute atomic E-state index is 2.64. The lowest BCUT2D eigenvalue weighted by molar-refractivity contribution is 0.590. The van der Waals surface area contributed by atoms with Crippen molar-refractivity contribution in [2.45, 2.75) is 71.3 Å². The highest BCUT2D eigenvalue weighted by molar-refractivity contribution is 5.93. The topological polar surface area (TPSA) is 3.24 Å². The minimum atomic E-state index is 0.124. The molecule has 0 saturated heterocycles. The Bertz CT molecular complexity index is 2230. The molecule has 0 N–H and O–H groups in total. The highest BCUT2D eigenvalue weighted by Crippen LogP contribution is 2.52. The summed E-state index contributed by atoms with van der Waals surface area (Å²) >= 11 is 0. The largest absolute Gasteiger partial charge is 0.338 e. The summed E-state index contributed by atoms with van der Waals surface area (Å²) < 4.78 is 0. The second-order valence-corrected chi connectivity index (χ2v) is 15.9. The fraction of sp³-hybridized carbons (Fsp3) is 0.216. The molecule has 0 amide bonds. The number of fused-ring (bicyclic) bond motifs is 3. The van der Waals surface area contributed by atoms with E-state index >= 15 is 0 Å². The van der Waals surface area contributed by atoms with Crippen LogP contribution in [0.1, 0.15) is 102 Å². The number of benzene rings is 6. The van der Waals surface area contributed by atoms with E-state index in [9.17, 15) is 0 Å². The summed E-state index contributed by atoms with van der Waals surface area (Å²) in [4.78, 5) is 2.64. The van der Waals surface area contributed by atoms with Crippen molar-refractivity contribution >= 4 is 34.7 Å². The van der Waals surface area contributed by atoms with Gasteiger partial charge >= 0.3 is 0 Å². The summed E-state index contributed by atoms with van der Waals surface area (Å²) in [6.45, 7) is 11.1. The van der Waals surface area contributed by atoms with E-state index in [-0.39, 0.29) is 5.41 Å². The van der Waals surface area contributed by atoms with Crippen LogP contribution >= 0.6 is 0 Å². The van der Waals surface area contributed by atoms with Crippen LogP contribution in [0, 0.1) is 13.8 Å². The van der Waals surface area contributed by atoms with Gasteiger partial charge in [0, 0.05) is 23.3 Å². The molecule has 1 heterocycles. The average molecular weight is 676 g/mol. The average Bonchev–Trinajstić information content (AvgIpc) is 3.75. The van der Waals surface area contributed by atoms with E-state index in [2.05, 4.69) is 197 Å². The Balaban J connectivity index is 1.13. The molecule has 2 atom stereocenters. The molecule has 1 saturated carbocycles. The maximum Gasteiger partial charge on any atom is 0.0450 e. The van der Waals surface area contributed by atoms with Crippen molar-refractivity contribution in [3.63, 3.8) is 0 Å². The van der Waals surface area contributed by atoms with E-state index in [1.807, 2.05) is 0 Å². The van der Waals surface area contributed by atoms with Crippen molar-refractivity contribution in [3.05, 3.63) is 201 Å². The zero-order valence-corrected chi connectivity index (χ0v) is 31.2. The number of rotatable bonds is 7. The van der Waals surface area contributed by atoms with Crippen molar-refractivity contribution in [1.29, 1.82) is 0 Å². The van der Waals surface area contributed by atoms with Gasteiger partial charge in [-0.15, -0.1) is 0 Å². The first-order valence-corrected chi connectivity index (χ1v) is 19.0. The molecule has 1 fully saturated rings. The number of anilines is 2. The van der Waals surface area contributed by atoms with Gasteiger partial charge in [0.05, 0.1) is 0 Å². The molecule has 1 nitrogen and oxygen atoms in total. The second-order valence-electron chi connectivity index (χ2n) is 15.9. The van der Waals surface area contributed by atoms with Crippen LogP contribution in [0.4, 0.5) is 11.4 Å². The third-order valence-electron chi connectivity index (χ3n) is 11.2. The van der Waals surface area contributed by atoms with Gasteiger partial charge in [0.2, 0.25) is 0 Å². The van der Waals surface area contributed by atoms with Crippen molar-refractivity contribution in [3.8, 4) is 0 Å².